The molecule has 0 radical (unpaired) electrons. The predicted molar refractivity (Wildman–Crippen MR) is 111 cm³/mol. The summed E-state index contributed by atoms with van der Waals surface area (Å²) in [5, 5.41) is 8.71. The summed E-state index contributed by atoms with van der Waals surface area (Å²) in [7, 11) is 0. The van der Waals surface area contributed by atoms with Gasteiger partial charge in [-0.05, 0) is 36.2 Å². The summed E-state index contributed by atoms with van der Waals surface area (Å²) in [5.74, 6) is 0.479. The molecule has 0 saturated carbocycles. The maximum atomic E-state index is 13.2. The fraction of sp³-hybridized carbons (Fsp3) is 0.300. The zero-order valence-electron chi connectivity index (χ0n) is 15.2. The molecule has 148 valence electrons. The second-order valence-corrected chi connectivity index (χ2v) is 7.36. The molecule has 0 amide bonds. The average molecular weight is 422 g/mol. The molecule has 4 rings (SSSR count). The Kier molecular flexibility index (Phi) is 6.67. The standard InChI is InChI=1S/C20H21ClFN5.ClH/c21-19-8-16(22)6-7-20(19)27-12-17(24-25-27)11-26-10-15(9-23)18(13-26)14-4-2-1-3-5-14;/h1-8,12,15,18H,9-11,13,23H2;1H/t15-,18+;/m1./s1. The third kappa shape index (κ3) is 4.36. The van der Waals surface area contributed by atoms with Crippen molar-refractivity contribution in [2.75, 3.05) is 19.6 Å². The van der Waals surface area contributed by atoms with Crippen LogP contribution in [-0.2, 0) is 6.54 Å². The minimum atomic E-state index is -0.374. The maximum absolute atomic E-state index is 13.2. The molecule has 1 aliphatic heterocycles. The van der Waals surface area contributed by atoms with E-state index < -0.39 is 0 Å². The molecular weight excluding hydrogens is 400 g/mol. The Morgan fingerprint density at radius 3 is 2.64 bits per heavy atom. The molecule has 2 atom stereocenters. The molecule has 5 nitrogen and oxygen atoms in total. The largest absolute Gasteiger partial charge is 0.330 e. The summed E-state index contributed by atoms with van der Waals surface area (Å²) in [5.41, 5.74) is 8.81. The number of likely N-dealkylation sites (tertiary alicyclic amines) is 1. The smallest absolute Gasteiger partial charge is 0.124 e. The zero-order valence-corrected chi connectivity index (χ0v) is 16.8. The molecule has 0 unspecified atom stereocenters. The van der Waals surface area contributed by atoms with E-state index in [4.69, 9.17) is 17.3 Å². The summed E-state index contributed by atoms with van der Waals surface area (Å²) < 4.78 is 14.8. The van der Waals surface area contributed by atoms with Crippen molar-refractivity contribution in [2.24, 2.45) is 11.7 Å². The number of nitrogens with zero attached hydrogens (tertiary/aromatic N) is 4. The Balaban J connectivity index is 0.00000225. The Bertz CT molecular complexity index is 918. The third-order valence-electron chi connectivity index (χ3n) is 5.13. The third-order valence-corrected chi connectivity index (χ3v) is 5.43. The van der Waals surface area contributed by atoms with Crippen molar-refractivity contribution in [2.45, 2.75) is 12.5 Å². The van der Waals surface area contributed by atoms with Crippen molar-refractivity contribution in [3.05, 3.63) is 76.8 Å². The molecule has 8 heteroatoms. The zero-order chi connectivity index (χ0) is 18.8. The first-order valence-corrected chi connectivity index (χ1v) is 9.36. The number of nitrogens with two attached hydrogens (primary N) is 1. The van der Waals surface area contributed by atoms with Crippen LogP contribution in [-0.4, -0.2) is 39.5 Å². The van der Waals surface area contributed by atoms with Gasteiger partial charge in [0, 0.05) is 25.6 Å². The van der Waals surface area contributed by atoms with Crippen molar-refractivity contribution < 1.29 is 4.39 Å². The molecule has 0 aliphatic carbocycles. The van der Waals surface area contributed by atoms with Crippen LogP contribution in [0.15, 0.2) is 54.7 Å². The van der Waals surface area contributed by atoms with Crippen LogP contribution in [0.4, 0.5) is 4.39 Å². The van der Waals surface area contributed by atoms with E-state index in [1.807, 2.05) is 12.3 Å². The van der Waals surface area contributed by atoms with Crippen molar-refractivity contribution in [3.63, 3.8) is 0 Å². The molecule has 1 saturated heterocycles. The maximum Gasteiger partial charge on any atom is 0.124 e. The minimum absolute atomic E-state index is 0. The second kappa shape index (κ2) is 9.01. The first-order chi connectivity index (χ1) is 13.1. The van der Waals surface area contributed by atoms with E-state index in [2.05, 4.69) is 39.5 Å². The molecule has 1 fully saturated rings. The summed E-state index contributed by atoms with van der Waals surface area (Å²) in [4.78, 5) is 2.36. The molecule has 1 aromatic heterocycles. The van der Waals surface area contributed by atoms with Gasteiger partial charge in [-0.3, -0.25) is 4.90 Å². The Morgan fingerprint density at radius 2 is 1.93 bits per heavy atom. The lowest BCUT2D eigenvalue weighted by Crippen LogP contribution is -2.23. The SMILES string of the molecule is Cl.NC[C@@H]1CN(Cc2cn(-c3ccc(F)cc3Cl)nn2)C[C@H]1c1ccccc1. The number of rotatable bonds is 5. The molecule has 1 aliphatic rings. The van der Waals surface area contributed by atoms with Crippen LogP contribution in [0.25, 0.3) is 5.69 Å². The fourth-order valence-corrected chi connectivity index (χ4v) is 4.04. The summed E-state index contributed by atoms with van der Waals surface area (Å²) in [6.07, 6.45) is 1.84. The first-order valence-electron chi connectivity index (χ1n) is 8.98. The van der Waals surface area contributed by atoms with Crippen molar-refractivity contribution in [1.82, 2.24) is 19.9 Å². The van der Waals surface area contributed by atoms with Gasteiger partial charge in [0.2, 0.25) is 0 Å². The number of hydrogen-bond acceptors (Lipinski definition) is 4. The molecule has 2 N–H and O–H groups in total. The highest BCUT2D eigenvalue weighted by Gasteiger charge is 2.33. The van der Waals surface area contributed by atoms with E-state index in [1.165, 1.54) is 17.7 Å². The van der Waals surface area contributed by atoms with E-state index in [0.29, 0.717) is 35.6 Å². The van der Waals surface area contributed by atoms with Gasteiger partial charge in [-0.15, -0.1) is 17.5 Å². The molecule has 2 aromatic carbocycles. The number of halogens is 3. The van der Waals surface area contributed by atoms with Gasteiger partial charge in [0.25, 0.3) is 0 Å². The lowest BCUT2D eigenvalue weighted by Gasteiger charge is -2.16. The summed E-state index contributed by atoms with van der Waals surface area (Å²) in [6.45, 7) is 3.23. The van der Waals surface area contributed by atoms with E-state index >= 15 is 0 Å². The average Bonchev–Trinajstić information content (AvgIpc) is 3.29. The monoisotopic (exact) mass is 421 g/mol. The molecule has 2 heterocycles. The van der Waals surface area contributed by atoms with Gasteiger partial charge in [0.1, 0.15) is 5.82 Å². The van der Waals surface area contributed by atoms with Gasteiger partial charge in [0.05, 0.1) is 22.6 Å². The van der Waals surface area contributed by atoms with E-state index in [9.17, 15) is 4.39 Å². The van der Waals surface area contributed by atoms with Gasteiger partial charge in [0.15, 0.2) is 0 Å². The number of hydrogen-bond donors (Lipinski definition) is 1. The normalized spacial score (nSPS) is 19.5. The van der Waals surface area contributed by atoms with Crippen LogP contribution < -0.4 is 5.73 Å². The highest BCUT2D eigenvalue weighted by atomic mass is 35.5. The van der Waals surface area contributed by atoms with Crippen LogP contribution >= 0.6 is 24.0 Å². The van der Waals surface area contributed by atoms with Gasteiger partial charge in [-0.1, -0.05) is 47.1 Å². The lowest BCUT2D eigenvalue weighted by atomic mass is 9.89. The van der Waals surface area contributed by atoms with Crippen molar-refractivity contribution in [3.8, 4) is 5.69 Å². The van der Waals surface area contributed by atoms with Gasteiger partial charge in [-0.25, -0.2) is 9.07 Å². The van der Waals surface area contributed by atoms with Gasteiger partial charge in [-0.2, -0.15) is 0 Å². The van der Waals surface area contributed by atoms with Crippen LogP contribution in [0, 0.1) is 11.7 Å². The van der Waals surface area contributed by atoms with Crippen molar-refractivity contribution >= 4 is 24.0 Å². The Hall–Kier alpha value is -1.99. The van der Waals surface area contributed by atoms with Gasteiger partial charge < -0.3 is 5.73 Å². The number of benzene rings is 2. The van der Waals surface area contributed by atoms with E-state index in [0.717, 1.165) is 18.8 Å². The predicted octanol–water partition coefficient (Wildman–Crippen LogP) is 3.66. The number of aromatic nitrogens is 3. The van der Waals surface area contributed by atoms with Gasteiger partial charge >= 0.3 is 0 Å². The Labute approximate surface area is 174 Å². The second-order valence-electron chi connectivity index (χ2n) is 6.96. The lowest BCUT2D eigenvalue weighted by molar-refractivity contribution is 0.313. The minimum Gasteiger partial charge on any atom is -0.330 e. The molecule has 0 bridgehead atoms. The quantitative estimate of drug-likeness (QED) is 0.682. The van der Waals surface area contributed by atoms with Crippen molar-refractivity contribution in [1.29, 1.82) is 0 Å². The highest BCUT2D eigenvalue weighted by Crippen LogP contribution is 2.32. The molecular formula is C20H22Cl2FN5. The Morgan fingerprint density at radius 1 is 1.14 bits per heavy atom. The molecule has 0 spiro atoms. The van der Waals surface area contributed by atoms with Crippen LogP contribution in [0.1, 0.15) is 17.2 Å². The molecule has 3 aromatic rings. The van der Waals surface area contributed by atoms with E-state index in [1.54, 1.807) is 10.7 Å². The summed E-state index contributed by atoms with van der Waals surface area (Å²) >= 11 is 6.12. The van der Waals surface area contributed by atoms with E-state index in [-0.39, 0.29) is 18.2 Å². The summed E-state index contributed by atoms with van der Waals surface area (Å²) in [6, 6.07) is 14.8. The fourth-order valence-electron chi connectivity index (χ4n) is 3.79. The topological polar surface area (TPSA) is 60.0 Å². The first kappa shape index (κ1) is 20.7. The van der Waals surface area contributed by atoms with Crippen LogP contribution in [0.2, 0.25) is 5.02 Å². The molecule has 28 heavy (non-hydrogen) atoms. The van der Waals surface area contributed by atoms with Crippen LogP contribution in [0.3, 0.4) is 0 Å². The van der Waals surface area contributed by atoms with Crippen LogP contribution in [0.5, 0.6) is 0 Å². The highest BCUT2D eigenvalue weighted by molar-refractivity contribution is 6.32.